The molecule has 108 valence electrons. The lowest BCUT2D eigenvalue weighted by Crippen LogP contribution is -2.12. The maximum absolute atomic E-state index is 13.5. The minimum absolute atomic E-state index is 0.138. The SMILES string of the molecule is O=C(Nc1ccc([N+](=O)[O-])c(F)c1)c1cccc(CCl)c1. The Labute approximate surface area is 124 Å². The van der Waals surface area contributed by atoms with Gasteiger partial charge >= 0.3 is 5.69 Å². The molecule has 0 saturated heterocycles. The maximum Gasteiger partial charge on any atom is 0.304 e. The third-order valence-electron chi connectivity index (χ3n) is 2.75. The van der Waals surface area contributed by atoms with Crippen LogP contribution in [-0.2, 0) is 5.88 Å². The van der Waals surface area contributed by atoms with E-state index in [4.69, 9.17) is 11.6 Å². The lowest BCUT2D eigenvalue weighted by molar-refractivity contribution is -0.387. The Hall–Kier alpha value is -2.47. The number of anilines is 1. The Morgan fingerprint density at radius 3 is 2.67 bits per heavy atom. The van der Waals surface area contributed by atoms with Crippen LogP contribution in [0.3, 0.4) is 0 Å². The van der Waals surface area contributed by atoms with Crippen LogP contribution in [0.4, 0.5) is 15.8 Å². The number of carbonyl (C=O) groups excluding carboxylic acids is 1. The number of rotatable bonds is 4. The van der Waals surface area contributed by atoms with Crippen LogP contribution >= 0.6 is 11.6 Å². The first-order valence-corrected chi connectivity index (χ1v) is 6.45. The lowest BCUT2D eigenvalue weighted by Gasteiger charge is -2.06. The zero-order chi connectivity index (χ0) is 15.4. The van der Waals surface area contributed by atoms with Crippen molar-refractivity contribution in [2.24, 2.45) is 0 Å². The Kier molecular flexibility index (Phi) is 4.49. The molecule has 1 amide bonds. The summed E-state index contributed by atoms with van der Waals surface area (Å²) < 4.78 is 13.5. The van der Waals surface area contributed by atoms with E-state index in [1.165, 1.54) is 6.07 Å². The molecule has 2 aromatic carbocycles. The van der Waals surface area contributed by atoms with Crippen molar-refractivity contribution in [3.63, 3.8) is 0 Å². The van der Waals surface area contributed by atoms with E-state index < -0.39 is 22.3 Å². The van der Waals surface area contributed by atoms with E-state index in [-0.39, 0.29) is 11.6 Å². The molecule has 0 radical (unpaired) electrons. The van der Waals surface area contributed by atoms with E-state index in [0.29, 0.717) is 5.56 Å². The molecule has 1 N–H and O–H groups in total. The molecule has 0 bridgehead atoms. The van der Waals surface area contributed by atoms with Gasteiger partial charge in [-0.25, -0.2) is 0 Å². The van der Waals surface area contributed by atoms with Gasteiger partial charge in [-0.2, -0.15) is 4.39 Å². The number of nitro groups is 1. The van der Waals surface area contributed by atoms with Crippen LogP contribution in [-0.4, -0.2) is 10.8 Å². The number of nitrogens with zero attached hydrogens (tertiary/aromatic N) is 1. The van der Waals surface area contributed by atoms with E-state index in [2.05, 4.69) is 5.32 Å². The number of alkyl halides is 1. The van der Waals surface area contributed by atoms with Gasteiger partial charge in [0, 0.05) is 29.3 Å². The molecule has 0 saturated carbocycles. The molecule has 0 spiro atoms. The number of nitro benzene ring substituents is 1. The number of nitrogens with one attached hydrogen (secondary N) is 1. The van der Waals surface area contributed by atoms with Gasteiger partial charge in [-0.3, -0.25) is 14.9 Å². The van der Waals surface area contributed by atoms with Crippen molar-refractivity contribution in [2.45, 2.75) is 5.88 Å². The topological polar surface area (TPSA) is 72.2 Å². The summed E-state index contributed by atoms with van der Waals surface area (Å²) in [5.41, 5.74) is 0.641. The first kappa shape index (κ1) is 14.9. The molecule has 0 heterocycles. The summed E-state index contributed by atoms with van der Waals surface area (Å²) in [5.74, 6) is -1.18. The van der Waals surface area contributed by atoms with Crippen LogP contribution in [0, 0.1) is 15.9 Å². The van der Waals surface area contributed by atoms with Gasteiger partial charge < -0.3 is 5.32 Å². The average Bonchev–Trinajstić information content (AvgIpc) is 2.47. The van der Waals surface area contributed by atoms with E-state index in [9.17, 15) is 19.3 Å². The Bertz CT molecular complexity index is 706. The largest absolute Gasteiger partial charge is 0.322 e. The van der Waals surface area contributed by atoms with Crippen LogP contribution in [0.15, 0.2) is 42.5 Å². The maximum atomic E-state index is 13.5. The molecule has 0 fully saturated rings. The monoisotopic (exact) mass is 308 g/mol. The number of halogens is 2. The number of hydrogen-bond donors (Lipinski definition) is 1. The average molecular weight is 309 g/mol. The zero-order valence-electron chi connectivity index (χ0n) is 10.7. The normalized spacial score (nSPS) is 10.2. The summed E-state index contributed by atoms with van der Waals surface area (Å²) in [6.07, 6.45) is 0. The Morgan fingerprint density at radius 1 is 1.29 bits per heavy atom. The minimum atomic E-state index is -1.01. The second-order valence-electron chi connectivity index (χ2n) is 4.21. The molecular formula is C14H10ClFN2O3. The van der Waals surface area contributed by atoms with E-state index >= 15 is 0 Å². The van der Waals surface area contributed by atoms with Crippen molar-refractivity contribution in [1.29, 1.82) is 0 Å². The molecule has 7 heteroatoms. The van der Waals surface area contributed by atoms with Gasteiger partial charge in [-0.05, 0) is 23.8 Å². The third-order valence-corrected chi connectivity index (χ3v) is 3.05. The van der Waals surface area contributed by atoms with E-state index in [0.717, 1.165) is 17.7 Å². The molecule has 2 rings (SSSR count). The minimum Gasteiger partial charge on any atom is -0.322 e. The van der Waals surface area contributed by atoms with Gasteiger partial charge in [0.2, 0.25) is 5.82 Å². The Morgan fingerprint density at radius 2 is 2.05 bits per heavy atom. The van der Waals surface area contributed by atoms with Gasteiger partial charge in [-0.1, -0.05) is 12.1 Å². The molecule has 0 aliphatic rings. The molecule has 0 aliphatic heterocycles. The predicted molar refractivity (Wildman–Crippen MR) is 77.0 cm³/mol. The number of benzene rings is 2. The van der Waals surface area contributed by atoms with Crippen LogP contribution < -0.4 is 5.32 Å². The van der Waals surface area contributed by atoms with Crippen molar-refractivity contribution in [3.8, 4) is 0 Å². The highest BCUT2D eigenvalue weighted by Gasteiger charge is 2.15. The molecule has 0 unspecified atom stereocenters. The summed E-state index contributed by atoms with van der Waals surface area (Å²) >= 11 is 5.69. The van der Waals surface area contributed by atoms with Crippen LogP contribution in [0.2, 0.25) is 0 Å². The summed E-state index contributed by atoms with van der Waals surface area (Å²) in [6, 6.07) is 9.83. The van der Waals surface area contributed by atoms with Crippen molar-refractivity contribution < 1.29 is 14.1 Å². The number of carbonyl (C=O) groups is 1. The quantitative estimate of drug-likeness (QED) is 0.531. The fraction of sp³-hybridized carbons (Fsp3) is 0.0714. The molecule has 0 aromatic heterocycles. The highest BCUT2D eigenvalue weighted by atomic mass is 35.5. The standard InChI is InChI=1S/C14H10ClFN2O3/c15-8-9-2-1-3-10(6-9)14(19)17-11-4-5-13(18(20)21)12(16)7-11/h1-7H,8H2,(H,17,19). The van der Waals surface area contributed by atoms with Crippen LogP contribution in [0.25, 0.3) is 0 Å². The van der Waals surface area contributed by atoms with Gasteiger partial charge in [0.15, 0.2) is 0 Å². The first-order chi connectivity index (χ1) is 10.0. The number of amides is 1. The van der Waals surface area contributed by atoms with E-state index in [1.807, 2.05) is 0 Å². The summed E-state index contributed by atoms with van der Waals surface area (Å²) in [4.78, 5) is 21.7. The number of hydrogen-bond acceptors (Lipinski definition) is 3. The molecule has 2 aromatic rings. The Balaban J connectivity index is 2.19. The highest BCUT2D eigenvalue weighted by Crippen LogP contribution is 2.21. The first-order valence-electron chi connectivity index (χ1n) is 5.91. The predicted octanol–water partition coefficient (Wildman–Crippen LogP) is 3.73. The molecule has 0 aliphatic carbocycles. The molecular weight excluding hydrogens is 299 g/mol. The zero-order valence-corrected chi connectivity index (χ0v) is 11.4. The van der Waals surface area contributed by atoms with Crippen molar-refractivity contribution in [3.05, 3.63) is 69.5 Å². The summed E-state index contributed by atoms with van der Waals surface area (Å²) in [6.45, 7) is 0. The van der Waals surface area contributed by atoms with E-state index in [1.54, 1.807) is 24.3 Å². The second-order valence-corrected chi connectivity index (χ2v) is 4.48. The van der Waals surface area contributed by atoms with Crippen molar-refractivity contribution in [1.82, 2.24) is 0 Å². The highest BCUT2D eigenvalue weighted by molar-refractivity contribution is 6.17. The van der Waals surface area contributed by atoms with Crippen molar-refractivity contribution in [2.75, 3.05) is 5.32 Å². The second kappa shape index (κ2) is 6.32. The molecule has 0 atom stereocenters. The fourth-order valence-electron chi connectivity index (χ4n) is 1.73. The summed E-state index contributed by atoms with van der Waals surface area (Å²) in [5, 5.41) is 13.0. The van der Waals surface area contributed by atoms with Gasteiger partial charge in [0.05, 0.1) is 4.92 Å². The van der Waals surface area contributed by atoms with Gasteiger partial charge in [0.25, 0.3) is 5.91 Å². The van der Waals surface area contributed by atoms with Crippen LogP contribution in [0.1, 0.15) is 15.9 Å². The van der Waals surface area contributed by atoms with Gasteiger partial charge in [0.1, 0.15) is 0 Å². The molecule has 5 nitrogen and oxygen atoms in total. The van der Waals surface area contributed by atoms with Crippen molar-refractivity contribution >= 4 is 28.9 Å². The third kappa shape index (κ3) is 3.55. The smallest absolute Gasteiger partial charge is 0.304 e. The summed E-state index contributed by atoms with van der Waals surface area (Å²) in [7, 11) is 0. The van der Waals surface area contributed by atoms with Gasteiger partial charge in [-0.15, -0.1) is 11.6 Å². The fourth-order valence-corrected chi connectivity index (χ4v) is 1.90. The lowest BCUT2D eigenvalue weighted by atomic mass is 10.1. The van der Waals surface area contributed by atoms with Crippen LogP contribution in [0.5, 0.6) is 0 Å². The molecule has 21 heavy (non-hydrogen) atoms.